The van der Waals surface area contributed by atoms with Gasteiger partial charge in [0.1, 0.15) is 17.7 Å². The number of aromatic nitrogens is 2. The minimum absolute atomic E-state index is 0.144. The number of hydrogen-bond acceptors (Lipinski definition) is 3. The van der Waals surface area contributed by atoms with E-state index in [1.165, 1.54) is 12.1 Å². The highest BCUT2D eigenvalue weighted by Gasteiger charge is 2.29. The van der Waals surface area contributed by atoms with Crippen LogP contribution in [-0.4, -0.2) is 9.55 Å². The quantitative estimate of drug-likeness (QED) is 0.937. The first-order chi connectivity index (χ1) is 9.69. The van der Waals surface area contributed by atoms with Crippen LogP contribution in [0.15, 0.2) is 30.7 Å². The highest BCUT2D eigenvalue weighted by Crippen LogP contribution is 2.39. The van der Waals surface area contributed by atoms with E-state index in [0.717, 1.165) is 24.2 Å². The topological polar surface area (TPSA) is 53.1 Å². The van der Waals surface area contributed by atoms with Gasteiger partial charge in [-0.15, -0.1) is 0 Å². The Balaban J connectivity index is 1.92. The van der Waals surface area contributed by atoms with Crippen LogP contribution >= 0.6 is 0 Å². The smallest absolute Gasteiger partial charge is 0.142 e. The van der Waals surface area contributed by atoms with Crippen molar-refractivity contribution in [3.8, 4) is 5.75 Å². The summed E-state index contributed by atoms with van der Waals surface area (Å²) in [6, 6.07) is 4.38. The molecule has 1 unspecified atom stereocenters. The van der Waals surface area contributed by atoms with Crippen molar-refractivity contribution >= 4 is 0 Å². The van der Waals surface area contributed by atoms with E-state index in [9.17, 15) is 4.39 Å². The number of nitrogens with two attached hydrogens (primary N) is 1. The van der Waals surface area contributed by atoms with Crippen molar-refractivity contribution in [2.45, 2.75) is 38.5 Å². The van der Waals surface area contributed by atoms with Gasteiger partial charge < -0.3 is 15.0 Å². The number of fused-ring (bicyclic) bond motifs is 1. The van der Waals surface area contributed by atoms with E-state index >= 15 is 0 Å². The van der Waals surface area contributed by atoms with Crippen LogP contribution in [-0.2, 0) is 6.54 Å². The second kappa shape index (κ2) is 5.25. The van der Waals surface area contributed by atoms with Crippen molar-refractivity contribution in [1.29, 1.82) is 0 Å². The molecular weight excluding hydrogens is 257 g/mol. The molecule has 0 saturated heterocycles. The van der Waals surface area contributed by atoms with Crippen LogP contribution in [0, 0.1) is 5.82 Å². The first kappa shape index (κ1) is 13.1. The number of nitrogens with zero attached hydrogens (tertiary/aromatic N) is 2. The van der Waals surface area contributed by atoms with E-state index in [4.69, 9.17) is 10.5 Å². The molecule has 0 saturated carbocycles. The monoisotopic (exact) mass is 275 g/mol. The van der Waals surface area contributed by atoms with Crippen LogP contribution in [0.2, 0.25) is 0 Å². The Kier molecular flexibility index (Phi) is 3.44. The van der Waals surface area contributed by atoms with E-state index in [-0.39, 0.29) is 18.0 Å². The number of halogens is 1. The number of rotatable bonds is 3. The van der Waals surface area contributed by atoms with Crippen LogP contribution in [0.4, 0.5) is 4.39 Å². The van der Waals surface area contributed by atoms with Gasteiger partial charge in [0.2, 0.25) is 0 Å². The molecule has 0 fully saturated rings. The van der Waals surface area contributed by atoms with Crippen molar-refractivity contribution < 1.29 is 9.13 Å². The summed E-state index contributed by atoms with van der Waals surface area (Å²) < 4.78 is 21.4. The molecule has 2 N–H and O–H groups in total. The fourth-order valence-electron chi connectivity index (χ4n) is 2.68. The molecule has 0 spiro atoms. The van der Waals surface area contributed by atoms with Crippen molar-refractivity contribution in [3.05, 3.63) is 47.8 Å². The van der Waals surface area contributed by atoms with Crippen LogP contribution in [0.5, 0.6) is 5.75 Å². The lowest BCUT2D eigenvalue weighted by atomic mass is 9.96. The lowest BCUT2D eigenvalue weighted by molar-refractivity contribution is 0.152. The first-order valence-electron chi connectivity index (χ1n) is 6.90. The summed E-state index contributed by atoms with van der Waals surface area (Å²) in [6.07, 6.45) is 5.13. The third kappa shape index (κ3) is 2.29. The molecule has 106 valence electrons. The molecular formula is C15H18FN3O. The van der Waals surface area contributed by atoms with Gasteiger partial charge in [0.25, 0.3) is 0 Å². The number of hydrogen-bond donors (Lipinski definition) is 1. The number of aryl methyl sites for hydroxylation is 1. The molecule has 4 nitrogen and oxygen atoms in total. The zero-order valence-corrected chi connectivity index (χ0v) is 11.4. The minimum Gasteiger partial charge on any atom is -0.484 e. The molecule has 0 amide bonds. The van der Waals surface area contributed by atoms with E-state index in [2.05, 4.69) is 16.5 Å². The zero-order valence-electron chi connectivity index (χ0n) is 11.4. The van der Waals surface area contributed by atoms with Gasteiger partial charge in [-0.1, -0.05) is 13.0 Å². The fourth-order valence-corrected chi connectivity index (χ4v) is 2.68. The van der Waals surface area contributed by atoms with Gasteiger partial charge in [0.05, 0.1) is 18.2 Å². The van der Waals surface area contributed by atoms with E-state index in [1.54, 1.807) is 18.6 Å². The number of ether oxygens (including phenoxy) is 1. The molecule has 1 aromatic carbocycles. The summed E-state index contributed by atoms with van der Waals surface area (Å²) in [5.74, 6) is 0.233. The molecule has 0 aliphatic carbocycles. The second-order valence-electron chi connectivity index (χ2n) is 5.14. The number of benzene rings is 1. The summed E-state index contributed by atoms with van der Waals surface area (Å²) >= 11 is 0. The Morgan fingerprint density at radius 3 is 3.15 bits per heavy atom. The molecule has 5 heteroatoms. The largest absolute Gasteiger partial charge is 0.484 e. The molecule has 20 heavy (non-hydrogen) atoms. The standard InChI is InChI=1S/C15H18FN3O/c1-2-5-19-9-18-8-13(19)15-7-12(17)11-4-3-10(16)6-14(11)20-15/h3-4,6,8-9,12,15H,2,5,7,17H2,1H3/t12-,15?/m0/s1. The van der Waals surface area contributed by atoms with Gasteiger partial charge >= 0.3 is 0 Å². The van der Waals surface area contributed by atoms with Crippen molar-refractivity contribution in [2.75, 3.05) is 0 Å². The minimum atomic E-state index is -0.307. The van der Waals surface area contributed by atoms with Gasteiger partial charge in [0.15, 0.2) is 0 Å². The predicted octanol–water partition coefficient (Wildman–Crippen LogP) is 2.96. The Morgan fingerprint density at radius 1 is 1.50 bits per heavy atom. The fraction of sp³-hybridized carbons (Fsp3) is 0.400. The summed E-state index contributed by atoms with van der Waals surface area (Å²) in [4.78, 5) is 4.18. The Morgan fingerprint density at radius 2 is 2.35 bits per heavy atom. The summed E-state index contributed by atoms with van der Waals surface area (Å²) in [5.41, 5.74) is 8.05. The molecule has 2 aromatic rings. The van der Waals surface area contributed by atoms with E-state index in [0.29, 0.717) is 12.2 Å². The van der Waals surface area contributed by atoms with Crippen molar-refractivity contribution in [2.24, 2.45) is 5.73 Å². The maximum Gasteiger partial charge on any atom is 0.142 e. The molecule has 1 aliphatic rings. The van der Waals surface area contributed by atoms with Gasteiger partial charge in [0, 0.05) is 30.6 Å². The molecule has 2 heterocycles. The maximum absolute atomic E-state index is 13.4. The maximum atomic E-state index is 13.4. The second-order valence-corrected chi connectivity index (χ2v) is 5.14. The lowest BCUT2D eigenvalue weighted by Crippen LogP contribution is -2.25. The Labute approximate surface area is 117 Å². The average molecular weight is 275 g/mol. The first-order valence-corrected chi connectivity index (χ1v) is 6.90. The SMILES string of the molecule is CCCn1cncc1C1C[C@H](N)c2ccc(F)cc2O1. The zero-order chi connectivity index (χ0) is 14.1. The molecule has 1 aliphatic heterocycles. The summed E-state index contributed by atoms with van der Waals surface area (Å²) in [7, 11) is 0. The normalized spacial score (nSPS) is 21.4. The van der Waals surface area contributed by atoms with Gasteiger partial charge in [-0.25, -0.2) is 9.37 Å². The van der Waals surface area contributed by atoms with Gasteiger partial charge in [-0.2, -0.15) is 0 Å². The van der Waals surface area contributed by atoms with Gasteiger partial charge in [-0.05, 0) is 12.5 Å². The molecule has 0 bridgehead atoms. The molecule has 0 radical (unpaired) electrons. The van der Waals surface area contributed by atoms with E-state index in [1.807, 2.05) is 0 Å². The predicted molar refractivity (Wildman–Crippen MR) is 73.8 cm³/mol. The summed E-state index contributed by atoms with van der Waals surface area (Å²) in [5, 5.41) is 0. The highest BCUT2D eigenvalue weighted by atomic mass is 19.1. The van der Waals surface area contributed by atoms with Crippen LogP contribution in [0.1, 0.15) is 43.2 Å². The third-order valence-electron chi connectivity index (χ3n) is 3.65. The highest BCUT2D eigenvalue weighted by molar-refractivity contribution is 5.39. The number of imidazole rings is 1. The van der Waals surface area contributed by atoms with Crippen LogP contribution in [0.25, 0.3) is 0 Å². The Bertz CT molecular complexity index is 611. The van der Waals surface area contributed by atoms with Crippen molar-refractivity contribution in [3.63, 3.8) is 0 Å². The Hall–Kier alpha value is -1.88. The van der Waals surface area contributed by atoms with Crippen LogP contribution < -0.4 is 10.5 Å². The van der Waals surface area contributed by atoms with Gasteiger partial charge in [-0.3, -0.25) is 0 Å². The molecule has 1 aromatic heterocycles. The van der Waals surface area contributed by atoms with Crippen molar-refractivity contribution in [1.82, 2.24) is 9.55 Å². The average Bonchev–Trinajstić information content (AvgIpc) is 2.86. The molecule has 2 atom stereocenters. The molecule has 3 rings (SSSR count). The van der Waals surface area contributed by atoms with E-state index < -0.39 is 0 Å². The van der Waals surface area contributed by atoms with Crippen LogP contribution in [0.3, 0.4) is 0 Å². The lowest BCUT2D eigenvalue weighted by Gasteiger charge is -2.30. The third-order valence-corrected chi connectivity index (χ3v) is 3.65. The summed E-state index contributed by atoms with van der Waals surface area (Å²) in [6.45, 7) is 3.00.